The molecule has 98 valence electrons. The second-order valence-corrected chi connectivity index (χ2v) is 6.38. The summed E-state index contributed by atoms with van der Waals surface area (Å²) in [4.78, 5) is 0. The van der Waals surface area contributed by atoms with Gasteiger partial charge in [-0.1, -0.05) is 12.8 Å². The van der Waals surface area contributed by atoms with Crippen molar-refractivity contribution < 1.29 is 9.84 Å². The number of ether oxygens (including phenoxy) is 1. The van der Waals surface area contributed by atoms with Crippen LogP contribution in [-0.4, -0.2) is 35.5 Å². The molecule has 2 aliphatic carbocycles. The van der Waals surface area contributed by atoms with Crippen molar-refractivity contribution in [3.8, 4) is 0 Å². The smallest absolute Gasteiger partial charge is 0.0771 e. The van der Waals surface area contributed by atoms with E-state index in [4.69, 9.17) is 4.74 Å². The topological polar surface area (TPSA) is 41.5 Å². The van der Waals surface area contributed by atoms with Crippen LogP contribution in [0.1, 0.15) is 57.8 Å². The van der Waals surface area contributed by atoms with Crippen molar-refractivity contribution in [1.29, 1.82) is 0 Å². The summed E-state index contributed by atoms with van der Waals surface area (Å²) in [6, 6.07) is 0. The summed E-state index contributed by atoms with van der Waals surface area (Å²) in [5, 5.41) is 13.4. The molecule has 2 saturated carbocycles. The maximum Gasteiger partial charge on any atom is 0.0771 e. The van der Waals surface area contributed by atoms with E-state index in [0.717, 1.165) is 25.9 Å². The minimum absolute atomic E-state index is 0.250. The highest BCUT2D eigenvalue weighted by Crippen LogP contribution is 2.43. The molecule has 0 aromatic carbocycles. The van der Waals surface area contributed by atoms with Gasteiger partial charge in [0, 0.05) is 13.1 Å². The van der Waals surface area contributed by atoms with Crippen molar-refractivity contribution in [1.82, 2.24) is 5.32 Å². The van der Waals surface area contributed by atoms with E-state index in [-0.39, 0.29) is 5.60 Å². The lowest BCUT2D eigenvalue weighted by molar-refractivity contribution is -0.0479. The molecule has 1 atom stereocenters. The molecular weight excluding hydrogens is 214 g/mol. The fraction of sp³-hybridized carbons (Fsp3) is 1.00. The van der Waals surface area contributed by atoms with Crippen molar-refractivity contribution in [2.45, 2.75) is 75.1 Å². The summed E-state index contributed by atoms with van der Waals surface area (Å²) >= 11 is 0. The van der Waals surface area contributed by atoms with Crippen LogP contribution in [0.5, 0.6) is 0 Å². The van der Waals surface area contributed by atoms with Gasteiger partial charge in [-0.05, 0) is 44.9 Å². The highest BCUT2D eigenvalue weighted by molar-refractivity contribution is 4.94. The van der Waals surface area contributed by atoms with Crippen molar-refractivity contribution in [2.24, 2.45) is 0 Å². The SMILES string of the molecule is OC1(CNCC2CCC3(CCCC3)O2)CCC1. The van der Waals surface area contributed by atoms with Crippen LogP contribution < -0.4 is 5.32 Å². The molecule has 1 heterocycles. The third kappa shape index (κ3) is 2.51. The third-order valence-electron chi connectivity index (χ3n) is 4.96. The molecule has 0 aromatic heterocycles. The Balaban J connectivity index is 1.39. The van der Waals surface area contributed by atoms with Crippen LogP contribution in [0.4, 0.5) is 0 Å². The Bertz CT molecular complexity index is 269. The summed E-state index contributed by atoms with van der Waals surface area (Å²) in [6.07, 6.45) is 11.2. The quantitative estimate of drug-likeness (QED) is 0.788. The number of hydrogen-bond donors (Lipinski definition) is 2. The molecule has 2 N–H and O–H groups in total. The van der Waals surface area contributed by atoms with E-state index in [1.54, 1.807) is 0 Å². The lowest BCUT2D eigenvalue weighted by Gasteiger charge is -2.37. The first-order valence-electron chi connectivity index (χ1n) is 7.31. The van der Waals surface area contributed by atoms with Crippen LogP contribution >= 0.6 is 0 Å². The van der Waals surface area contributed by atoms with Crippen LogP contribution in [0.25, 0.3) is 0 Å². The van der Waals surface area contributed by atoms with Gasteiger partial charge in [-0.25, -0.2) is 0 Å². The molecule has 3 fully saturated rings. The minimum atomic E-state index is -0.399. The first-order valence-corrected chi connectivity index (χ1v) is 7.31. The Morgan fingerprint density at radius 3 is 2.47 bits per heavy atom. The van der Waals surface area contributed by atoms with E-state index < -0.39 is 5.60 Å². The van der Waals surface area contributed by atoms with Gasteiger partial charge in [0.15, 0.2) is 0 Å². The molecule has 3 heteroatoms. The van der Waals surface area contributed by atoms with Gasteiger partial charge in [0.05, 0.1) is 17.3 Å². The zero-order valence-electron chi connectivity index (χ0n) is 10.7. The molecule has 0 bridgehead atoms. The Morgan fingerprint density at radius 1 is 1.06 bits per heavy atom. The summed E-state index contributed by atoms with van der Waals surface area (Å²) in [5.41, 5.74) is -0.149. The predicted molar refractivity (Wildman–Crippen MR) is 67.0 cm³/mol. The largest absolute Gasteiger partial charge is 0.389 e. The van der Waals surface area contributed by atoms with Gasteiger partial charge >= 0.3 is 0 Å². The Morgan fingerprint density at radius 2 is 1.82 bits per heavy atom. The Hall–Kier alpha value is -0.120. The molecule has 1 spiro atoms. The highest BCUT2D eigenvalue weighted by atomic mass is 16.5. The van der Waals surface area contributed by atoms with Gasteiger partial charge in [0.2, 0.25) is 0 Å². The normalized spacial score (nSPS) is 34.1. The van der Waals surface area contributed by atoms with Crippen LogP contribution in [0.15, 0.2) is 0 Å². The first-order chi connectivity index (χ1) is 8.20. The number of aliphatic hydroxyl groups is 1. The summed E-state index contributed by atoms with van der Waals surface area (Å²) in [5.74, 6) is 0. The fourth-order valence-electron chi connectivity index (χ4n) is 3.65. The zero-order chi connectivity index (χ0) is 11.8. The van der Waals surface area contributed by atoms with E-state index in [2.05, 4.69) is 5.32 Å². The Labute approximate surface area is 104 Å². The third-order valence-corrected chi connectivity index (χ3v) is 4.96. The lowest BCUT2D eigenvalue weighted by Crippen LogP contribution is -2.47. The number of nitrogens with one attached hydrogen (secondary N) is 1. The standard InChI is InChI=1S/C14H25NO2/c16-13(5-3-6-13)11-15-10-12-4-9-14(17-12)7-1-2-8-14/h12,15-16H,1-11H2. The van der Waals surface area contributed by atoms with Gasteiger partial charge in [-0.2, -0.15) is 0 Å². The molecule has 0 amide bonds. The van der Waals surface area contributed by atoms with E-state index in [9.17, 15) is 5.11 Å². The summed E-state index contributed by atoms with van der Waals surface area (Å²) in [6.45, 7) is 1.67. The van der Waals surface area contributed by atoms with Crippen molar-refractivity contribution in [3.63, 3.8) is 0 Å². The van der Waals surface area contributed by atoms with Crippen molar-refractivity contribution in [2.75, 3.05) is 13.1 Å². The van der Waals surface area contributed by atoms with Gasteiger partial charge in [-0.15, -0.1) is 0 Å². The van der Waals surface area contributed by atoms with E-state index in [0.29, 0.717) is 6.10 Å². The second-order valence-electron chi connectivity index (χ2n) is 6.38. The molecule has 3 rings (SSSR count). The van der Waals surface area contributed by atoms with Crippen molar-refractivity contribution in [3.05, 3.63) is 0 Å². The van der Waals surface area contributed by atoms with Crippen LogP contribution in [0.3, 0.4) is 0 Å². The van der Waals surface area contributed by atoms with Gasteiger partial charge in [-0.3, -0.25) is 0 Å². The van der Waals surface area contributed by atoms with Gasteiger partial charge < -0.3 is 15.2 Å². The summed E-state index contributed by atoms with van der Waals surface area (Å²) < 4.78 is 6.23. The maximum atomic E-state index is 9.99. The van der Waals surface area contributed by atoms with Gasteiger partial charge in [0.1, 0.15) is 0 Å². The lowest BCUT2D eigenvalue weighted by atomic mass is 9.80. The molecular formula is C14H25NO2. The van der Waals surface area contributed by atoms with E-state index in [1.165, 1.54) is 44.9 Å². The van der Waals surface area contributed by atoms with Gasteiger partial charge in [0.25, 0.3) is 0 Å². The van der Waals surface area contributed by atoms with Crippen LogP contribution in [0.2, 0.25) is 0 Å². The predicted octanol–water partition coefficient (Wildman–Crippen LogP) is 1.98. The first kappa shape index (κ1) is 11.9. The maximum absolute atomic E-state index is 9.99. The van der Waals surface area contributed by atoms with Crippen LogP contribution in [-0.2, 0) is 4.74 Å². The average Bonchev–Trinajstić information content (AvgIpc) is 2.88. The zero-order valence-corrected chi connectivity index (χ0v) is 10.7. The highest BCUT2D eigenvalue weighted by Gasteiger charge is 2.42. The fourth-order valence-corrected chi connectivity index (χ4v) is 3.65. The van der Waals surface area contributed by atoms with E-state index in [1.807, 2.05) is 0 Å². The molecule has 3 nitrogen and oxygen atoms in total. The monoisotopic (exact) mass is 239 g/mol. The van der Waals surface area contributed by atoms with Crippen LogP contribution in [0, 0.1) is 0 Å². The van der Waals surface area contributed by atoms with E-state index >= 15 is 0 Å². The molecule has 1 aliphatic heterocycles. The molecule has 0 radical (unpaired) electrons. The molecule has 3 aliphatic rings. The summed E-state index contributed by atoms with van der Waals surface area (Å²) in [7, 11) is 0. The number of hydrogen-bond acceptors (Lipinski definition) is 3. The molecule has 17 heavy (non-hydrogen) atoms. The molecule has 1 saturated heterocycles. The Kier molecular flexibility index (Phi) is 3.18. The minimum Gasteiger partial charge on any atom is -0.389 e. The second kappa shape index (κ2) is 4.52. The average molecular weight is 239 g/mol. The molecule has 0 aromatic rings. The molecule has 1 unspecified atom stereocenters. The van der Waals surface area contributed by atoms with Crippen molar-refractivity contribution >= 4 is 0 Å². The number of rotatable bonds is 4.